The zero-order valence-electron chi connectivity index (χ0n) is 10.6. The Balaban J connectivity index is 1.76. The second-order valence-corrected chi connectivity index (χ2v) is 6.69. The first kappa shape index (κ1) is 10.2. The van der Waals surface area contributed by atoms with Crippen molar-refractivity contribution in [2.24, 2.45) is 35.0 Å². The Morgan fingerprint density at radius 1 is 1.13 bits per heavy atom. The average Bonchev–Trinajstić information content (AvgIpc) is 2.70. The molecule has 6 atom stereocenters. The fraction of sp³-hybridized carbons (Fsp3) is 1.00. The van der Waals surface area contributed by atoms with Crippen LogP contribution in [0.5, 0.6) is 0 Å². The van der Waals surface area contributed by atoms with Crippen LogP contribution in [0.1, 0.15) is 59.3 Å². The van der Waals surface area contributed by atoms with Crippen LogP contribution in [0.15, 0.2) is 0 Å². The molecule has 3 aliphatic carbocycles. The summed E-state index contributed by atoms with van der Waals surface area (Å²) in [6.07, 6.45) is 9.06. The van der Waals surface area contributed by atoms with Gasteiger partial charge in [0.25, 0.3) is 0 Å². The Labute approximate surface area is 94.8 Å². The lowest BCUT2D eigenvalue weighted by atomic mass is 9.46. The van der Waals surface area contributed by atoms with Crippen LogP contribution in [0.2, 0.25) is 0 Å². The highest BCUT2D eigenvalue weighted by molar-refractivity contribution is 5.17. The van der Waals surface area contributed by atoms with Gasteiger partial charge in [-0.05, 0) is 54.3 Å². The molecule has 3 rings (SSSR count). The quantitative estimate of drug-likeness (QED) is 0.635. The van der Waals surface area contributed by atoms with E-state index in [0.717, 1.165) is 23.2 Å². The molecule has 2 bridgehead atoms. The van der Waals surface area contributed by atoms with Crippen LogP contribution in [0.4, 0.5) is 0 Å². The van der Waals surface area contributed by atoms with E-state index in [-0.39, 0.29) is 0 Å². The first-order chi connectivity index (χ1) is 7.22. The van der Waals surface area contributed by atoms with E-state index in [1.807, 2.05) is 0 Å². The highest BCUT2D eigenvalue weighted by Gasteiger charge is 2.68. The fourth-order valence-corrected chi connectivity index (χ4v) is 5.59. The summed E-state index contributed by atoms with van der Waals surface area (Å²) in [6.45, 7) is 7.38. The molecule has 15 heavy (non-hydrogen) atoms. The Hall–Kier alpha value is 0. The van der Waals surface area contributed by atoms with E-state index in [2.05, 4.69) is 20.8 Å². The number of rotatable bonds is 4. The molecule has 0 nitrogen and oxygen atoms in total. The highest BCUT2D eigenvalue weighted by atomic mass is 14.7. The summed E-state index contributed by atoms with van der Waals surface area (Å²) in [5.74, 6) is 5.73. The van der Waals surface area contributed by atoms with Gasteiger partial charge in [-0.1, -0.05) is 40.0 Å². The fourth-order valence-electron chi connectivity index (χ4n) is 5.59. The molecule has 0 aromatic heterocycles. The number of fused-ring (bicyclic) bond motifs is 1. The molecule has 0 saturated heterocycles. The Bertz CT molecular complexity index is 257. The van der Waals surface area contributed by atoms with E-state index in [4.69, 9.17) is 0 Å². The van der Waals surface area contributed by atoms with Gasteiger partial charge < -0.3 is 0 Å². The van der Waals surface area contributed by atoms with Crippen molar-refractivity contribution >= 4 is 0 Å². The van der Waals surface area contributed by atoms with Crippen molar-refractivity contribution in [1.82, 2.24) is 0 Å². The number of hydrogen-bond acceptors (Lipinski definition) is 0. The molecule has 3 saturated carbocycles. The van der Waals surface area contributed by atoms with E-state index in [1.54, 1.807) is 19.3 Å². The zero-order chi connectivity index (χ0) is 10.6. The lowest BCUT2D eigenvalue weighted by molar-refractivity contribution is -0.111. The van der Waals surface area contributed by atoms with Gasteiger partial charge in [-0.15, -0.1) is 0 Å². The van der Waals surface area contributed by atoms with Crippen LogP contribution in [-0.4, -0.2) is 0 Å². The van der Waals surface area contributed by atoms with E-state index >= 15 is 0 Å². The third-order valence-electron chi connectivity index (χ3n) is 6.48. The minimum Gasteiger partial charge on any atom is -0.0654 e. The van der Waals surface area contributed by atoms with Crippen molar-refractivity contribution in [3.05, 3.63) is 0 Å². The van der Waals surface area contributed by atoms with E-state index in [9.17, 15) is 0 Å². The largest absolute Gasteiger partial charge is 0.0654 e. The molecule has 0 aliphatic heterocycles. The molecule has 0 aromatic rings. The maximum Gasteiger partial charge on any atom is -0.0266 e. The Morgan fingerprint density at radius 2 is 1.87 bits per heavy atom. The van der Waals surface area contributed by atoms with Crippen molar-refractivity contribution in [3.63, 3.8) is 0 Å². The molecule has 0 radical (unpaired) electrons. The van der Waals surface area contributed by atoms with Gasteiger partial charge in [0, 0.05) is 0 Å². The summed E-state index contributed by atoms with van der Waals surface area (Å²) in [4.78, 5) is 0. The summed E-state index contributed by atoms with van der Waals surface area (Å²) in [6, 6.07) is 0. The molecule has 0 spiro atoms. The highest BCUT2D eigenvalue weighted by Crippen LogP contribution is 2.75. The van der Waals surface area contributed by atoms with Gasteiger partial charge in [0.2, 0.25) is 0 Å². The van der Waals surface area contributed by atoms with E-state index in [1.165, 1.54) is 31.1 Å². The van der Waals surface area contributed by atoms with Crippen LogP contribution in [0.3, 0.4) is 0 Å². The molecule has 3 fully saturated rings. The van der Waals surface area contributed by atoms with Crippen molar-refractivity contribution in [2.45, 2.75) is 59.3 Å². The normalized spacial score (nSPS) is 55.8. The maximum absolute atomic E-state index is 2.61. The molecule has 0 N–H and O–H groups in total. The molecular weight excluding hydrogens is 180 g/mol. The van der Waals surface area contributed by atoms with Crippen LogP contribution >= 0.6 is 0 Å². The van der Waals surface area contributed by atoms with Gasteiger partial charge in [0.1, 0.15) is 0 Å². The third-order valence-corrected chi connectivity index (χ3v) is 6.48. The van der Waals surface area contributed by atoms with Gasteiger partial charge in [-0.2, -0.15) is 0 Å². The summed E-state index contributed by atoms with van der Waals surface area (Å²) in [5.41, 5.74) is 0.748. The maximum atomic E-state index is 2.61. The van der Waals surface area contributed by atoms with Gasteiger partial charge in [0.05, 0.1) is 0 Å². The van der Waals surface area contributed by atoms with Crippen molar-refractivity contribution < 1.29 is 0 Å². The van der Waals surface area contributed by atoms with E-state index in [0.29, 0.717) is 0 Å². The van der Waals surface area contributed by atoms with Gasteiger partial charge in [0.15, 0.2) is 0 Å². The number of unbranched alkanes of at least 4 members (excludes halogenated alkanes) is 1. The summed E-state index contributed by atoms with van der Waals surface area (Å²) in [7, 11) is 0. The minimum absolute atomic E-state index is 0.748. The summed E-state index contributed by atoms with van der Waals surface area (Å²) >= 11 is 0. The molecule has 0 heteroatoms. The first-order valence-corrected chi connectivity index (χ1v) is 7.22. The second kappa shape index (κ2) is 3.25. The van der Waals surface area contributed by atoms with Crippen LogP contribution in [0, 0.1) is 35.0 Å². The predicted molar refractivity (Wildman–Crippen MR) is 64.6 cm³/mol. The lowest BCUT2D eigenvalue weighted by Crippen LogP contribution is -2.53. The predicted octanol–water partition coefficient (Wildman–Crippen LogP) is 4.49. The Kier molecular flexibility index (Phi) is 2.20. The number of hydrogen-bond donors (Lipinski definition) is 0. The van der Waals surface area contributed by atoms with Crippen LogP contribution < -0.4 is 0 Å². The third kappa shape index (κ3) is 1.09. The molecule has 3 aliphatic rings. The second-order valence-electron chi connectivity index (χ2n) is 6.69. The van der Waals surface area contributed by atoms with E-state index < -0.39 is 0 Å². The SMILES string of the molecule is CCCCC1C2CC3CC2C1C3(C)CC. The van der Waals surface area contributed by atoms with Crippen LogP contribution in [-0.2, 0) is 0 Å². The molecule has 0 heterocycles. The zero-order valence-corrected chi connectivity index (χ0v) is 10.6. The molecular formula is C15H26. The first-order valence-electron chi connectivity index (χ1n) is 7.22. The summed E-state index contributed by atoms with van der Waals surface area (Å²) < 4.78 is 0. The minimum atomic E-state index is 0.748. The average molecular weight is 206 g/mol. The standard InChI is InChI=1S/C15H26/c1-4-6-7-11-12-8-10-9-13(12)14(11)15(10,3)5-2/h10-14H,4-9H2,1-3H3. The molecule has 0 aromatic carbocycles. The molecule has 0 amide bonds. The lowest BCUT2D eigenvalue weighted by Gasteiger charge is -2.59. The van der Waals surface area contributed by atoms with Gasteiger partial charge >= 0.3 is 0 Å². The van der Waals surface area contributed by atoms with Gasteiger partial charge in [-0.25, -0.2) is 0 Å². The molecule has 6 unspecified atom stereocenters. The van der Waals surface area contributed by atoms with Crippen molar-refractivity contribution in [1.29, 1.82) is 0 Å². The van der Waals surface area contributed by atoms with Crippen molar-refractivity contribution in [2.75, 3.05) is 0 Å². The van der Waals surface area contributed by atoms with Crippen molar-refractivity contribution in [3.8, 4) is 0 Å². The Morgan fingerprint density at radius 3 is 2.47 bits per heavy atom. The van der Waals surface area contributed by atoms with Crippen LogP contribution in [0.25, 0.3) is 0 Å². The smallest absolute Gasteiger partial charge is 0.0266 e. The monoisotopic (exact) mass is 206 g/mol. The van der Waals surface area contributed by atoms with Gasteiger partial charge in [-0.3, -0.25) is 0 Å². The topological polar surface area (TPSA) is 0 Å². The summed E-state index contributed by atoms with van der Waals surface area (Å²) in [5, 5.41) is 0. The molecule has 86 valence electrons.